The van der Waals surface area contributed by atoms with E-state index in [2.05, 4.69) is 16.9 Å². The number of pyridine rings is 1. The molecule has 3 rings (SSSR count). The maximum atomic E-state index is 11.3. The van der Waals surface area contributed by atoms with Gasteiger partial charge < -0.3 is 20.0 Å². The molecule has 1 aliphatic heterocycles. The lowest BCUT2D eigenvalue weighted by Gasteiger charge is -2.54. The van der Waals surface area contributed by atoms with Gasteiger partial charge in [0.05, 0.1) is 11.3 Å². The van der Waals surface area contributed by atoms with E-state index in [0.717, 1.165) is 31.6 Å². The molecule has 2 bridgehead atoms. The molecule has 2 aliphatic rings. The maximum Gasteiger partial charge on any atom is 0.335 e. The van der Waals surface area contributed by atoms with Gasteiger partial charge in [0.25, 0.3) is 0 Å². The number of methoxy groups -OCH3 is 1. The van der Waals surface area contributed by atoms with E-state index < -0.39 is 11.6 Å². The number of likely N-dealkylation sites (tertiary alicyclic amines) is 1. The van der Waals surface area contributed by atoms with Crippen molar-refractivity contribution >= 4 is 5.97 Å². The van der Waals surface area contributed by atoms with Crippen molar-refractivity contribution in [1.82, 2.24) is 9.88 Å². The lowest BCUT2D eigenvalue weighted by Crippen LogP contribution is -2.58. The quantitative estimate of drug-likeness (QED) is 0.641. The monoisotopic (exact) mass is 337 g/mol. The molecule has 1 aromatic rings. The first-order valence-electron chi connectivity index (χ1n) is 7.89. The number of ether oxygens (including phenoxy) is 1. The van der Waals surface area contributed by atoms with Crippen LogP contribution in [0.5, 0.6) is 0 Å². The van der Waals surface area contributed by atoms with Gasteiger partial charge in [0, 0.05) is 38.2 Å². The second-order valence-corrected chi connectivity index (χ2v) is 6.36. The number of nitrogens with zero attached hydrogens (tertiary/aromatic N) is 3. The van der Waals surface area contributed by atoms with Gasteiger partial charge in [-0.1, -0.05) is 6.42 Å². The first-order valence-corrected chi connectivity index (χ1v) is 7.89. The highest BCUT2D eigenvalue weighted by molar-refractivity contribution is 5.87. The highest BCUT2D eigenvalue weighted by Crippen LogP contribution is 2.50. The third-order valence-electron chi connectivity index (χ3n) is 5.13. The summed E-state index contributed by atoms with van der Waals surface area (Å²) in [4.78, 5) is 26.2. The molecule has 2 fully saturated rings. The van der Waals surface area contributed by atoms with Crippen molar-refractivity contribution in [3.8, 4) is 0 Å². The number of fused-ring (bicyclic) bond motifs is 2. The molecule has 1 saturated carbocycles. The van der Waals surface area contributed by atoms with Gasteiger partial charge in [0.1, 0.15) is 5.60 Å². The number of rotatable bonds is 3. The van der Waals surface area contributed by atoms with Crippen LogP contribution in [0.3, 0.4) is 0 Å². The Balaban J connectivity index is 0.000000647. The number of carbonyl (C=O) groups is 1. The number of aromatic nitrogens is 1. The SMILES string of the molecule is COC1(c2cc(C(=O)O)ccn2)[C@@H]2CCC[C@H]1CN(C)C2.O=NO. The lowest BCUT2D eigenvalue weighted by molar-refractivity contribution is -0.168. The van der Waals surface area contributed by atoms with Crippen LogP contribution in [-0.2, 0) is 10.3 Å². The van der Waals surface area contributed by atoms with Crippen LogP contribution in [0.2, 0.25) is 0 Å². The van der Waals surface area contributed by atoms with E-state index >= 15 is 0 Å². The number of aromatic carboxylic acids is 1. The van der Waals surface area contributed by atoms with Crippen molar-refractivity contribution < 1.29 is 19.8 Å². The number of hydrogen-bond acceptors (Lipinski definition) is 6. The summed E-state index contributed by atoms with van der Waals surface area (Å²) in [6.45, 7) is 1.95. The Kier molecular flexibility index (Phi) is 5.84. The van der Waals surface area contributed by atoms with Crippen LogP contribution in [-0.4, -0.2) is 53.4 Å². The standard InChI is InChI=1S/C16H22N2O3.HNO2/c1-18-9-12-4-3-5-13(10-18)16(12,21-2)14-8-11(15(19)20)6-7-17-14;2-1-3/h6-8,12-13H,3-5,9-10H2,1-2H3,(H,19,20);(H,2,3)/t12-,13+,16?;. The van der Waals surface area contributed by atoms with Gasteiger partial charge in [-0.2, -0.15) is 0 Å². The van der Waals surface area contributed by atoms with Crippen molar-refractivity contribution in [2.24, 2.45) is 17.2 Å². The van der Waals surface area contributed by atoms with E-state index in [1.54, 1.807) is 25.4 Å². The first-order chi connectivity index (χ1) is 11.5. The second-order valence-electron chi connectivity index (χ2n) is 6.36. The van der Waals surface area contributed by atoms with Crippen LogP contribution in [0, 0.1) is 16.7 Å². The summed E-state index contributed by atoms with van der Waals surface area (Å²) in [6, 6.07) is 3.24. The van der Waals surface area contributed by atoms with E-state index in [-0.39, 0.29) is 5.56 Å². The Morgan fingerprint density at radius 3 is 2.50 bits per heavy atom. The molecule has 0 radical (unpaired) electrons. The van der Waals surface area contributed by atoms with Gasteiger partial charge >= 0.3 is 5.97 Å². The summed E-state index contributed by atoms with van der Waals surface area (Å²) in [7, 11) is 3.89. The summed E-state index contributed by atoms with van der Waals surface area (Å²) >= 11 is 0. The fourth-order valence-electron chi connectivity index (χ4n) is 4.29. The molecule has 8 nitrogen and oxygen atoms in total. The van der Waals surface area contributed by atoms with E-state index in [1.165, 1.54) is 11.8 Å². The smallest absolute Gasteiger partial charge is 0.335 e. The highest BCUT2D eigenvalue weighted by atomic mass is 16.6. The molecule has 8 heteroatoms. The summed E-state index contributed by atoms with van der Waals surface area (Å²) in [5.41, 5.74) is 0.636. The molecular formula is C16H23N3O5. The maximum absolute atomic E-state index is 11.3. The molecular weight excluding hydrogens is 314 g/mol. The Hall–Kier alpha value is -2.06. The molecule has 3 atom stereocenters. The van der Waals surface area contributed by atoms with Gasteiger partial charge in [-0.05, 0) is 32.0 Å². The molecule has 1 unspecified atom stereocenters. The van der Waals surface area contributed by atoms with E-state index in [9.17, 15) is 9.90 Å². The second kappa shape index (κ2) is 7.67. The Morgan fingerprint density at radius 1 is 1.42 bits per heavy atom. The third kappa shape index (κ3) is 3.25. The fraction of sp³-hybridized carbons (Fsp3) is 0.625. The minimum absolute atomic E-state index is 0.286. The molecule has 2 N–H and O–H groups in total. The first kappa shape index (κ1) is 18.3. The van der Waals surface area contributed by atoms with Gasteiger partial charge in [0.15, 0.2) is 5.34 Å². The zero-order valence-electron chi connectivity index (χ0n) is 13.9. The van der Waals surface area contributed by atoms with Crippen molar-refractivity contribution in [2.75, 3.05) is 27.2 Å². The van der Waals surface area contributed by atoms with Crippen LogP contribution in [0.4, 0.5) is 0 Å². The van der Waals surface area contributed by atoms with Gasteiger partial charge in [-0.15, -0.1) is 4.91 Å². The molecule has 0 spiro atoms. The zero-order chi connectivity index (χ0) is 17.7. The Bertz CT molecular complexity index is 581. The zero-order valence-corrected chi connectivity index (χ0v) is 13.9. The molecule has 24 heavy (non-hydrogen) atoms. The lowest BCUT2D eigenvalue weighted by atomic mass is 9.63. The van der Waals surface area contributed by atoms with Crippen molar-refractivity contribution in [1.29, 1.82) is 0 Å². The minimum atomic E-state index is -0.914. The molecule has 0 amide bonds. The van der Waals surface area contributed by atoms with Crippen LogP contribution >= 0.6 is 0 Å². The molecule has 0 aromatic carbocycles. The van der Waals surface area contributed by atoms with Gasteiger partial charge in [-0.3, -0.25) is 4.98 Å². The molecule has 1 aliphatic carbocycles. The predicted molar refractivity (Wildman–Crippen MR) is 85.8 cm³/mol. The van der Waals surface area contributed by atoms with Crippen LogP contribution in [0.1, 0.15) is 35.3 Å². The van der Waals surface area contributed by atoms with E-state index in [0.29, 0.717) is 11.8 Å². The average molecular weight is 337 g/mol. The summed E-state index contributed by atoms with van der Waals surface area (Å²) in [6.07, 6.45) is 5.02. The largest absolute Gasteiger partial charge is 0.478 e. The minimum Gasteiger partial charge on any atom is -0.478 e. The molecule has 132 valence electrons. The Labute approximate surface area is 140 Å². The molecule has 2 heterocycles. The third-order valence-corrected chi connectivity index (χ3v) is 5.13. The van der Waals surface area contributed by atoms with Gasteiger partial charge in [-0.25, -0.2) is 4.79 Å². The van der Waals surface area contributed by atoms with Crippen LogP contribution in [0.15, 0.2) is 23.7 Å². The van der Waals surface area contributed by atoms with E-state index in [1.807, 2.05) is 0 Å². The van der Waals surface area contributed by atoms with Crippen molar-refractivity contribution in [2.45, 2.75) is 24.9 Å². The molecule has 1 aromatic heterocycles. The topological polar surface area (TPSA) is 112 Å². The van der Waals surface area contributed by atoms with Gasteiger partial charge in [0.2, 0.25) is 0 Å². The summed E-state index contributed by atoms with van der Waals surface area (Å²) in [5, 5.41) is 17.1. The Morgan fingerprint density at radius 2 is 2.00 bits per heavy atom. The fourth-order valence-corrected chi connectivity index (χ4v) is 4.29. The number of piperidine rings is 1. The summed E-state index contributed by atoms with van der Waals surface area (Å²) in [5.74, 6) is -0.170. The number of carboxylic acid groups (broad SMARTS) is 1. The predicted octanol–water partition coefficient (Wildman–Crippen LogP) is 2.13. The van der Waals surface area contributed by atoms with Crippen LogP contribution in [0.25, 0.3) is 0 Å². The van der Waals surface area contributed by atoms with Crippen molar-refractivity contribution in [3.05, 3.63) is 34.5 Å². The molecule has 1 saturated heterocycles. The van der Waals surface area contributed by atoms with Crippen LogP contribution < -0.4 is 0 Å². The van der Waals surface area contributed by atoms with Crippen molar-refractivity contribution in [3.63, 3.8) is 0 Å². The normalized spacial score (nSPS) is 29.2. The highest BCUT2D eigenvalue weighted by Gasteiger charge is 2.53. The average Bonchev–Trinajstić information content (AvgIpc) is 2.55. The van der Waals surface area contributed by atoms with E-state index in [4.69, 9.17) is 14.9 Å². The summed E-state index contributed by atoms with van der Waals surface area (Å²) < 4.78 is 6.03. The number of carboxylic acids is 1. The number of hydrogen-bond donors (Lipinski definition) is 2.